The summed E-state index contributed by atoms with van der Waals surface area (Å²) in [6.45, 7) is 5.48. The van der Waals surface area contributed by atoms with Crippen LogP contribution in [0.4, 0.5) is 0 Å². The van der Waals surface area contributed by atoms with Crippen LogP contribution in [0.3, 0.4) is 0 Å². The molecule has 2 atom stereocenters. The van der Waals surface area contributed by atoms with Gasteiger partial charge in [0, 0.05) is 25.1 Å². The first-order valence-corrected chi connectivity index (χ1v) is 10.1. The topological polar surface area (TPSA) is 180 Å². The van der Waals surface area contributed by atoms with Gasteiger partial charge in [-0.05, 0) is 25.2 Å². The van der Waals surface area contributed by atoms with E-state index in [-0.39, 0.29) is 41.8 Å². The van der Waals surface area contributed by atoms with Crippen LogP contribution in [-0.2, 0) is 19.2 Å². The molecule has 0 aromatic heterocycles. The van der Waals surface area contributed by atoms with Gasteiger partial charge in [0.25, 0.3) is 0 Å². The van der Waals surface area contributed by atoms with Gasteiger partial charge in [0.05, 0.1) is 6.54 Å². The number of hydrogen-bond donors (Lipinski definition) is 6. The molecule has 0 fully saturated rings. The SMILES string of the molecule is CC(=O)SCC(CC(C)C)C(=O)NCC(=O)N[C@@H](CCCNC(=N)N)C(N)=O. The molecule has 28 heavy (non-hydrogen) atoms. The van der Waals surface area contributed by atoms with Crippen molar-refractivity contribution in [2.75, 3.05) is 18.8 Å². The van der Waals surface area contributed by atoms with Gasteiger partial charge < -0.3 is 27.4 Å². The highest BCUT2D eigenvalue weighted by Gasteiger charge is 2.22. The molecule has 10 nitrogen and oxygen atoms in total. The van der Waals surface area contributed by atoms with Crippen LogP contribution in [0, 0.1) is 17.2 Å². The Kier molecular flexibility index (Phi) is 12.7. The molecule has 8 N–H and O–H groups in total. The van der Waals surface area contributed by atoms with E-state index in [0.717, 1.165) is 11.8 Å². The highest BCUT2D eigenvalue weighted by molar-refractivity contribution is 8.13. The molecule has 3 amide bonds. The van der Waals surface area contributed by atoms with E-state index in [0.29, 0.717) is 25.1 Å². The van der Waals surface area contributed by atoms with Crippen LogP contribution >= 0.6 is 11.8 Å². The number of nitrogens with one attached hydrogen (secondary N) is 4. The molecular weight excluding hydrogens is 384 g/mol. The smallest absolute Gasteiger partial charge is 0.240 e. The van der Waals surface area contributed by atoms with Crippen LogP contribution in [0.5, 0.6) is 0 Å². The minimum Gasteiger partial charge on any atom is -0.370 e. The number of carbonyl (C=O) groups excluding carboxylic acids is 4. The van der Waals surface area contributed by atoms with Gasteiger partial charge in [-0.25, -0.2) is 0 Å². The number of nitrogens with two attached hydrogens (primary N) is 2. The van der Waals surface area contributed by atoms with Crippen LogP contribution in [0.15, 0.2) is 0 Å². The Morgan fingerprint density at radius 2 is 1.75 bits per heavy atom. The van der Waals surface area contributed by atoms with E-state index >= 15 is 0 Å². The maximum atomic E-state index is 12.3. The molecule has 0 heterocycles. The van der Waals surface area contributed by atoms with Crippen LogP contribution in [0.2, 0.25) is 0 Å². The van der Waals surface area contributed by atoms with E-state index in [4.69, 9.17) is 16.9 Å². The molecule has 1 unspecified atom stereocenters. The quantitative estimate of drug-likeness (QED) is 0.130. The van der Waals surface area contributed by atoms with E-state index in [2.05, 4.69) is 16.0 Å². The molecule has 0 aliphatic heterocycles. The Balaban J connectivity index is 4.51. The van der Waals surface area contributed by atoms with Gasteiger partial charge >= 0.3 is 0 Å². The average Bonchev–Trinajstić information content (AvgIpc) is 2.58. The van der Waals surface area contributed by atoms with Gasteiger partial charge in [0.2, 0.25) is 17.7 Å². The standard InChI is InChI=1S/C17H32N6O4S/c1-10(2)7-12(9-28-11(3)24)16(27)22-8-14(25)23-13(15(18)26)5-4-6-21-17(19)20/h10,12-13H,4-9H2,1-3H3,(H2,18,26)(H,22,27)(H,23,25)(H4,19,20,21)/t12?,13-/m0/s1. The third-order valence-electron chi connectivity index (χ3n) is 3.70. The van der Waals surface area contributed by atoms with Crippen LogP contribution in [-0.4, -0.2) is 53.7 Å². The number of amides is 3. The van der Waals surface area contributed by atoms with Crippen LogP contribution in [0.1, 0.15) is 40.0 Å². The van der Waals surface area contributed by atoms with E-state index in [9.17, 15) is 19.2 Å². The van der Waals surface area contributed by atoms with Crippen molar-refractivity contribution in [3.63, 3.8) is 0 Å². The molecule has 0 radical (unpaired) electrons. The Morgan fingerprint density at radius 3 is 2.25 bits per heavy atom. The zero-order valence-corrected chi connectivity index (χ0v) is 17.5. The van der Waals surface area contributed by atoms with Gasteiger partial charge in [-0.3, -0.25) is 24.6 Å². The fourth-order valence-electron chi connectivity index (χ4n) is 2.41. The molecule has 0 bridgehead atoms. The summed E-state index contributed by atoms with van der Waals surface area (Å²) in [5, 5.41) is 14.6. The number of rotatable bonds is 13. The first kappa shape index (κ1) is 25.7. The summed E-state index contributed by atoms with van der Waals surface area (Å²) in [6, 6.07) is -0.877. The fourth-order valence-corrected chi connectivity index (χ4v) is 3.13. The molecule has 0 aliphatic carbocycles. The Hall–Kier alpha value is -2.30. The van der Waals surface area contributed by atoms with Gasteiger partial charge in [-0.2, -0.15) is 0 Å². The number of thioether (sulfide) groups is 1. The second kappa shape index (κ2) is 13.8. The maximum Gasteiger partial charge on any atom is 0.240 e. The summed E-state index contributed by atoms with van der Waals surface area (Å²) >= 11 is 1.08. The minimum atomic E-state index is -0.877. The second-order valence-corrected chi connectivity index (χ2v) is 8.05. The lowest BCUT2D eigenvalue weighted by Crippen LogP contribution is -2.49. The van der Waals surface area contributed by atoms with E-state index in [1.165, 1.54) is 6.92 Å². The third-order valence-corrected chi connectivity index (χ3v) is 4.68. The second-order valence-electron chi connectivity index (χ2n) is 6.85. The summed E-state index contributed by atoms with van der Waals surface area (Å²) in [5.41, 5.74) is 10.5. The lowest BCUT2D eigenvalue weighted by Gasteiger charge is -2.19. The lowest BCUT2D eigenvalue weighted by molar-refractivity contribution is -0.130. The highest BCUT2D eigenvalue weighted by Crippen LogP contribution is 2.18. The number of hydrogen-bond acceptors (Lipinski definition) is 6. The summed E-state index contributed by atoms with van der Waals surface area (Å²) in [4.78, 5) is 47.0. The minimum absolute atomic E-state index is 0.0668. The molecule has 0 aromatic rings. The number of guanidine groups is 1. The van der Waals surface area contributed by atoms with Crippen LogP contribution in [0.25, 0.3) is 0 Å². The van der Waals surface area contributed by atoms with Crippen molar-refractivity contribution in [2.24, 2.45) is 23.3 Å². The molecular formula is C17H32N6O4S. The van der Waals surface area contributed by atoms with Crippen molar-refractivity contribution < 1.29 is 19.2 Å². The Labute approximate surface area is 169 Å². The zero-order chi connectivity index (χ0) is 21.7. The van der Waals surface area contributed by atoms with Crippen LogP contribution < -0.4 is 27.4 Å². The largest absolute Gasteiger partial charge is 0.370 e. The first-order chi connectivity index (χ1) is 13.0. The van der Waals surface area contributed by atoms with Gasteiger partial charge in [-0.15, -0.1) is 0 Å². The van der Waals surface area contributed by atoms with E-state index in [1.54, 1.807) is 0 Å². The van der Waals surface area contributed by atoms with Gasteiger partial charge in [0.15, 0.2) is 11.1 Å². The molecule has 0 rings (SSSR count). The van der Waals surface area contributed by atoms with Crippen molar-refractivity contribution in [2.45, 2.75) is 46.1 Å². The number of primary amides is 1. The molecule has 0 aliphatic rings. The number of carbonyl (C=O) groups is 4. The third kappa shape index (κ3) is 13.0. The molecule has 160 valence electrons. The first-order valence-electron chi connectivity index (χ1n) is 9.10. The molecule has 0 saturated heterocycles. The maximum absolute atomic E-state index is 12.3. The normalized spacial score (nSPS) is 12.7. The lowest BCUT2D eigenvalue weighted by atomic mass is 9.98. The van der Waals surface area contributed by atoms with Crippen molar-refractivity contribution in [1.82, 2.24) is 16.0 Å². The van der Waals surface area contributed by atoms with Crippen molar-refractivity contribution in [3.05, 3.63) is 0 Å². The molecule has 0 saturated carbocycles. The predicted molar refractivity (Wildman–Crippen MR) is 109 cm³/mol. The van der Waals surface area contributed by atoms with E-state index < -0.39 is 17.9 Å². The average molecular weight is 417 g/mol. The summed E-state index contributed by atoms with van der Waals surface area (Å²) in [6.07, 6.45) is 1.35. The van der Waals surface area contributed by atoms with Crippen molar-refractivity contribution >= 4 is 40.6 Å². The fraction of sp³-hybridized carbons (Fsp3) is 0.706. The Bertz CT molecular complexity index is 570. The highest BCUT2D eigenvalue weighted by atomic mass is 32.2. The van der Waals surface area contributed by atoms with Gasteiger partial charge in [-0.1, -0.05) is 25.6 Å². The van der Waals surface area contributed by atoms with Crippen molar-refractivity contribution in [1.29, 1.82) is 5.41 Å². The van der Waals surface area contributed by atoms with E-state index in [1.807, 2.05) is 13.8 Å². The molecule has 11 heteroatoms. The molecule has 0 spiro atoms. The predicted octanol–water partition coefficient (Wildman–Crippen LogP) is -0.722. The zero-order valence-electron chi connectivity index (χ0n) is 16.7. The monoisotopic (exact) mass is 416 g/mol. The van der Waals surface area contributed by atoms with Crippen molar-refractivity contribution in [3.8, 4) is 0 Å². The summed E-state index contributed by atoms with van der Waals surface area (Å²) < 4.78 is 0. The van der Waals surface area contributed by atoms with Gasteiger partial charge in [0.1, 0.15) is 6.04 Å². The molecule has 0 aromatic carbocycles. The Morgan fingerprint density at radius 1 is 1.11 bits per heavy atom. The summed E-state index contributed by atoms with van der Waals surface area (Å²) in [5.74, 6) is -1.46. The summed E-state index contributed by atoms with van der Waals surface area (Å²) in [7, 11) is 0.